The SMILES string of the molecule is CC(C)(C)c1cc(-c2c3nc(c(-c4cc(C(C)(C)C)cc(C(C)(C)C)c4)c4ccc([nH]4)c(-c4cc(C(C)(C)C)cc(C(C)(C)C)c4)c4cc([N+](=O)[O-])c([nH]4)c(-c4ccc(Br)cc4)c4nc2C=C4)C=C3)cc(C(C)(C)C)c1. The van der Waals surface area contributed by atoms with Crippen molar-refractivity contribution in [3.8, 4) is 44.5 Å². The third kappa shape index (κ3) is 10.7. The lowest BCUT2D eigenvalue weighted by atomic mass is 9.78. The van der Waals surface area contributed by atoms with Gasteiger partial charge in [-0.3, -0.25) is 10.1 Å². The number of nitrogens with zero attached hydrogens (tertiary/aromatic N) is 3. The molecule has 76 heavy (non-hydrogen) atoms. The molecular formula is C68H76BrN5O2. The predicted molar refractivity (Wildman–Crippen MR) is 327 cm³/mol. The van der Waals surface area contributed by atoms with Crippen LogP contribution >= 0.6 is 15.9 Å². The monoisotopic (exact) mass is 1070 g/mol. The summed E-state index contributed by atoms with van der Waals surface area (Å²) >= 11 is 3.66. The molecule has 2 N–H and O–H groups in total. The first-order valence-electron chi connectivity index (χ1n) is 26.7. The molecule has 7 aromatic rings. The van der Waals surface area contributed by atoms with Crippen molar-refractivity contribution in [2.24, 2.45) is 0 Å². The van der Waals surface area contributed by atoms with Crippen LogP contribution in [0.2, 0.25) is 0 Å². The van der Waals surface area contributed by atoms with Crippen LogP contribution in [0.3, 0.4) is 0 Å². The van der Waals surface area contributed by atoms with Crippen molar-refractivity contribution in [1.82, 2.24) is 19.9 Å². The number of nitro groups is 1. The van der Waals surface area contributed by atoms with E-state index in [1.54, 1.807) is 6.07 Å². The summed E-state index contributed by atoms with van der Waals surface area (Å²) in [6.45, 7) is 40.6. The summed E-state index contributed by atoms with van der Waals surface area (Å²) in [6.07, 6.45) is 8.37. The Labute approximate surface area is 459 Å². The van der Waals surface area contributed by atoms with Crippen molar-refractivity contribution in [2.45, 2.75) is 157 Å². The van der Waals surface area contributed by atoms with E-state index in [-0.39, 0.29) is 43.1 Å². The second-order valence-corrected chi connectivity index (χ2v) is 28.2. The summed E-state index contributed by atoms with van der Waals surface area (Å²) in [7, 11) is 0. The average molecular weight is 1080 g/mol. The molecule has 2 aliphatic heterocycles. The highest BCUT2D eigenvalue weighted by Crippen LogP contribution is 2.45. The van der Waals surface area contributed by atoms with Crippen LogP contribution in [-0.2, 0) is 32.5 Å². The van der Waals surface area contributed by atoms with Crippen molar-refractivity contribution >= 4 is 68.0 Å². The molecule has 0 spiro atoms. The first-order chi connectivity index (χ1) is 35.1. The largest absolute Gasteiger partial charge is 0.354 e. The molecule has 0 saturated carbocycles. The number of benzene rings is 4. The lowest BCUT2D eigenvalue weighted by molar-refractivity contribution is -0.382. The van der Waals surface area contributed by atoms with Crippen LogP contribution in [0, 0.1) is 10.1 Å². The molecule has 0 radical (unpaired) electrons. The van der Waals surface area contributed by atoms with Gasteiger partial charge >= 0.3 is 0 Å². The minimum Gasteiger partial charge on any atom is -0.354 e. The molecule has 0 aliphatic carbocycles. The Morgan fingerprint density at radius 3 is 1.08 bits per heavy atom. The van der Waals surface area contributed by atoms with Crippen LogP contribution in [0.15, 0.2) is 102 Å². The Bertz CT molecular complexity index is 3630. The van der Waals surface area contributed by atoms with Gasteiger partial charge in [-0.05, 0) is 137 Å². The van der Waals surface area contributed by atoms with Gasteiger partial charge in [0, 0.05) is 43.8 Å². The second-order valence-electron chi connectivity index (χ2n) is 27.3. The van der Waals surface area contributed by atoms with Gasteiger partial charge in [0.15, 0.2) is 0 Å². The molecule has 9 rings (SSSR count). The molecule has 8 heteroatoms. The molecule has 7 nitrogen and oxygen atoms in total. The Morgan fingerprint density at radius 1 is 0.382 bits per heavy atom. The van der Waals surface area contributed by atoms with Gasteiger partial charge < -0.3 is 9.97 Å². The summed E-state index contributed by atoms with van der Waals surface area (Å²) in [5.74, 6) is 0. The van der Waals surface area contributed by atoms with Gasteiger partial charge in [0.2, 0.25) is 0 Å². The van der Waals surface area contributed by atoms with Crippen molar-refractivity contribution in [1.29, 1.82) is 0 Å². The predicted octanol–water partition coefficient (Wildman–Crippen LogP) is 19.8. The maximum Gasteiger partial charge on any atom is 0.295 e. The number of fused-ring (bicyclic) bond motifs is 8. The number of hydrogen-bond donors (Lipinski definition) is 2. The van der Waals surface area contributed by atoms with Gasteiger partial charge in [0.05, 0.1) is 33.2 Å². The van der Waals surface area contributed by atoms with E-state index < -0.39 is 0 Å². The molecule has 3 aromatic heterocycles. The van der Waals surface area contributed by atoms with Gasteiger partial charge in [0.1, 0.15) is 5.52 Å². The third-order valence-electron chi connectivity index (χ3n) is 15.0. The van der Waals surface area contributed by atoms with Gasteiger partial charge in [0.25, 0.3) is 5.69 Å². The molecule has 392 valence electrons. The number of aromatic nitrogens is 4. The van der Waals surface area contributed by atoms with E-state index in [9.17, 15) is 10.1 Å². The molecule has 2 aliphatic rings. The smallest absolute Gasteiger partial charge is 0.295 e. The third-order valence-corrected chi connectivity index (χ3v) is 15.6. The van der Waals surface area contributed by atoms with Crippen LogP contribution in [0.25, 0.3) is 90.9 Å². The lowest BCUT2D eigenvalue weighted by Gasteiger charge is -2.26. The summed E-state index contributed by atoms with van der Waals surface area (Å²) in [6, 6.07) is 34.7. The fraction of sp³-hybridized carbons (Fsp3) is 0.353. The Kier molecular flexibility index (Phi) is 13.4. The molecular weight excluding hydrogens is 999 g/mol. The summed E-state index contributed by atoms with van der Waals surface area (Å²) < 4.78 is 0.896. The van der Waals surface area contributed by atoms with Crippen LogP contribution < -0.4 is 0 Å². The fourth-order valence-corrected chi connectivity index (χ4v) is 10.4. The standard InChI is InChI=1S/C68H76BrN5O2/c1-63(2,3)43-29-40(30-44(35-43)64(4,5)6)58-50-23-24-51(70-50)59(41-31-45(65(7,8)9)36-46(32-41)66(10,11)12)53-27-28-55(72-53)61(39-19-21-49(69)22-20-39)62-57(74(75)76)38-56(73-62)60(54-26-25-52(58)71-54)42-33-47(67(13,14)15)37-48(34-42)68(16,17)18/h19-38,71,73H,1-18H3. The van der Waals surface area contributed by atoms with E-state index in [1.807, 2.05) is 30.3 Å². The topological polar surface area (TPSA) is 100 Å². The summed E-state index contributed by atoms with van der Waals surface area (Å²) in [5, 5.41) is 13.7. The number of halogens is 1. The first-order valence-corrected chi connectivity index (χ1v) is 27.5. The highest BCUT2D eigenvalue weighted by Gasteiger charge is 2.29. The van der Waals surface area contributed by atoms with Crippen molar-refractivity contribution in [3.05, 3.63) is 168 Å². The lowest BCUT2D eigenvalue weighted by Crippen LogP contribution is -2.16. The first kappa shape index (κ1) is 54.2. The van der Waals surface area contributed by atoms with E-state index in [2.05, 4.69) is 235 Å². The second kappa shape index (κ2) is 18.8. The normalized spacial score (nSPS) is 13.5. The number of rotatable bonds is 5. The fourth-order valence-electron chi connectivity index (χ4n) is 10.2. The van der Waals surface area contributed by atoms with E-state index >= 15 is 0 Å². The van der Waals surface area contributed by atoms with Gasteiger partial charge in [-0.25, -0.2) is 9.97 Å². The molecule has 0 fully saturated rings. The maximum absolute atomic E-state index is 13.7. The Balaban J connectivity index is 1.57. The highest BCUT2D eigenvalue weighted by atomic mass is 79.9. The van der Waals surface area contributed by atoms with E-state index in [0.29, 0.717) is 22.3 Å². The zero-order valence-corrected chi connectivity index (χ0v) is 49.7. The van der Waals surface area contributed by atoms with Gasteiger partial charge in [-0.15, -0.1) is 0 Å². The maximum atomic E-state index is 13.7. The Hall–Kier alpha value is -6.64. The number of aromatic amines is 2. The molecule has 0 saturated heterocycles. The van der Waals surface area contributed by atoms with Crippen LogP contribution in [0.1, 0.15) is 181 Å². The minimum absolute atomic E-state index is 0.0473. The van der Waals surface area contributed by atoms with Gasteiger partial charge in [-0.2, -0.15) is 0 Å². The van der Waals surface area contributed by atoms with Crippen LogP contribution in [0.4, 0.5) is 5.69 Å². The van der Waals surface area contributed by atoms with E-state index in [1.165, 1.54) is 33.4 Å². The molecule has 0 atom stereocenters. The zero-order chi connectivity index (χ0) is 55.4. The summed E-state index contributed by atoms with van der Waals surface area (Å²) in [4.78, 5) is 32.5. The minimum atomic E-state index is -0.268. The van der Waals surface area contributed by atoms with E-state index in [0.717, 1.165) is 71.5 Å². The number of hydrogen-bond acceptors (Lipinski definition) is 4. The van der Waals surface area contributed by atoms with Crippen molar-refractivity contribution in [2.75, 3.05) is 0 Å². The van der Waals surface area contributed by atoms with E-state index in [4.69, 9.17) is 9.97 Å². The van der Waals surface area contributed by atoms with Crippen LogP contribution in [0.5, 0.6) is 0 Å². The number of H-pyrrole nitrogens is 2. The van der Waals surface area contributed by atoms with Crippen LogP contribution in [-0.4, -0.2) is 24.9 Å². The quantitative estimate of drug-likeness (QED) is 0.132. The Morgan fingerprint density at radius 2 is 0.711 bits per heavy atom. The molecule has 0 amide bonds. The zero-order valence-electron chi connectivity index (χ0n) is 48.1. The van der Waals surface area contributed by atoms with Crippen molar-refractivity contribution < 1.29 is 4.92 Å². The summed E-state index contributed by atoms with van der Waals surface area (Å²) in [5.41, 5.74) is 18.8. The average Bonchev–Trinajstić information content (AvgIpc) is 4.16. The molecule has 0 unspecified atom stereocenters. The number of nitrogens with one attached hydrogen (secondary N) is 2. The highest BCUT2D eigenvalue weighted by molar-refractivity contribution is 9.10. The molecule has 4 aromatic carbocycles. The molecule has 5 heterocycles. The van der Waals surface area contributed by atoms with Crippen molar-refractivity contribution in [3.63, 3.8) is 0 Å². The van der Waals surface area contributed by atoms with Gasteiger partial charge in [-0.1, -0.05) is 207 Å². The molecule has 8 bridgehead atoms.